The topological polar surface area (TPSA) is 103 Å². The van der Waals surface area contributed by atoms with Gasteiger partial charge in [-0.05, 0) is 18.2 Å². The molecule has 24 heavy (non-hydrogen) atoms. The van der Waals surface area contributed by atoms with Gasteiger partial charge in [-0.1, -0.05) is 12.1 Å². The van der Waals surface area contributed by atoms with Crippen LogP contribution in [0.5, 0.6) is 11.5 Å². The average Bonchev–Trinajstić information content (AvgIpc) is 2.61. The molecule has 0 heterocycles. The standard InChI is InChI=1S/C16H15N3O5/c1-23-13-7-12(8-14(9-13)24-2)16(20)18-17-10-11-5-3-4-6-15(11)19(21)22/h3-10H,1-2H3,(H,18,20)/b17-10+. The molecule has 124 valence electrons. The third kappa shape index (κ3) is 4.07. The number of carbonyl (C=O) groups excluding carboxylic acids is 1. The van der Waals surface area contributed by atoms with Gasteiger partial charge in [-0.25, -0.2) is 5.43 Å². The molecule has 0 saturated heterocycles. The number of hydrazone groups is 1. The molecule has 0 aliphatic carbocycles. The first-order valence-electron chi connectivity index (χ1n) is 6.85. The first-order chi connectivity index (χ1) is 11.5. The lowest BCUT2D eigenvalue weighted by Crippen LogP contribution is -2.17. The van der Waals surface area contributed by atoms with Crippen LogP contribution in [0, 0.1) is 10.1 Å². The maximum absolute atomic E-state index is 12.1. The van der Waals surface area contributed by atoms with E-state index < -0.39 is 10.8 Å². The maximum Gasteiger partial charge on any atom is 0.278 e. The smallest absolute Gasteiger partial charge is 0.278 e. The first-order valence-corrected chi connectivity index (χ1v) is 6.85. The van der Waals surface area contributed by atoms with Crippen LogP contribution < -0.4 is 14.9 Å². The second-order valence-corrected chi connectivity index (χ2v) is 4.62. The summed E-state index contributed by atoms with van der Waals surface area (Å²) in [4.78, 5) is 22.5. The van der Waals surface area contributed by atoms with Crippen LogP contribution in [0.3, 0.4) is 0 Å². The van der Waals surface area contributed by atoms with Gasteiger partial charge in [0, 0.05) is 17.7 Å². The molecule has 0 unspecified atom stereocenters. The number of ether oxygens (including phenoxy) is 2. The third-order valence-electron chi connectivity index (χ3n) is 3.12. The number of hydrogen-bond acceptors (Lipinski definition) is 6. The Bertz CT molecular complexity index is 767. The number of amides is 1. The molecule has 0 radical (unpaired) electrons. The van der Waals surface area contributed by atoms with Crippen LogP contribution >= 0.6 is 0 Å². The zero-order valence-electron chi connectivity index (χ0n) is 13.1. The van der Waals surface area contributed by atoms with Gasteiger partial charge in [0.2, 0.25) is 0 Å². The Labute approximate surface area is 137 Å². The van der Waals surface area contributed by atoms with Crippen LogP contribution in [0.1, 0.15) is 15.9 Å². The number of nitro groups is 1. The van der Waals surface area contributed by atoms with Gasteiger partial charge in [0.15, 0.2) is 0 Å². The minimum Gasteiger partial charge on any atom is -0.497 e. The van der Waals surface area contributed by atoms with Gasteiger partial charge in [-0.15, -0.1) is 0 Å². The Morgan fingerprint density at radius 1 is 1.17 bits per heavy atom. The molecule has 1 amide bonds. The first kappa shape index (κ1) is 16.9. The Balaban J connectivity index is 2.15. The molecule has 0 aromatic heterocycles. The number of nitrogens with zero attached hydrogens (tertiary/aromatic N) is 2. The lowest BCUT2D eigenvalue weighted by Gasteiger charge is -2.07. The molecule has 0 aliphatic heterocycles. The molecule has 2 aromatic carbocycles. The molecular formula is C16H15N3O5. The highest BCUT2D eigenvalue weighted by Crippen LogP contribution is 2.22. The third-order valence-corrected chi connectivity index (χ3v) is 3.12. The minimum absolute atomic E-state index is 0.0986. The number of benzene rings is 2. The van der Waals surface area contributed by atoms with Crippen molar-refractivity contribution in [2.24, 2.45) is 5.10 Å². The predicted molar refractivity (Wildman–Crippen MR) is 87.7 cm³/mol. The van der Waals surface area contributed by atoms with Crippen LogP contribution in [0.2, 0.25) is 0 Å². The van der Waals surface area contributed by atoms with Crippen LogP contribution in [-0.2, 0) is 0 Å². The summed E-state index contributed by atoms with van der Waals surface area (Å²) >= 11 is 0. The summed E-state index contributed by atoms with van der Waals surface area (Å²) < 4.78 is 10.2. The summed E-state index contributed by atoms with van der Waals surface area (Å²) in [5.41, 5.74) is 2.78. The van der Waals surface area contributed by atoms with Crippen molar-refractivity contribution in [3.05, 3.63) is 63.7 Å². The Hall–Kier alpha value is -3.42. The molecule has 0 aliphatic rings. The van der Waals surface area contributed by atoms with Crippen molar-refractivity contribution in [1.29, 1.82) is 0 Å². The highest BCUT2D eigenvalue weighted by atomic mass is 16.6. The second-order valence-electron chi connectivity index (χ2n) is 4.62. The number of methoxy groups -OCH3 is 2. The average molecular weight is 329 g/mol. The Morgan fingerprint density at radius 3 is 2.38 bits per heavy atom. The molecule has 0 saturated carbocycles. The van der Waals surface area contributed by atoms with Crippen molar-refractivity contribution in [3.63, 3.8) is 0 Å². The van der Waals surface area contributed by atoms with Gasteiger partial charge >= 0.3 is 0 Å². The van der Waals surface area contributed by atoms with Crippen LogP contribution in [0.4, 0.5) is 5.69 Å². The van der Waals surface area contributed by atoms with Crippen LogP contribution in [0.25, 0.3) is 0 Å². The monoisotopic (exact) mass is 329 g/mol. The van der Waals surface area contributed by atoms with Gasteiger partial charge in [0.25, 0.3) is 11.6 Å². The van der Waals surface area contributed by atoms with Gasteiger partial charge in [0.1, 0.15) is 11.5 Å². The molecule has 0 fully saturated rings. The van der Waals surface area contributed by atoms with E-state index in [-0.39, 0.29) is 16.8 Å². The molecular weight excluding hydrogens is 314 g/mol. The molecule has 0 spiro atoms. The number of rotatable bonds is 6. The summed E-state index contributed by atoms with van der Waals surface area (Å²) in [6.45, 7) is 0. The van der Waals surface area contributed by atoms with Crippen molar-refractivity contribution in [2.75, 3.05) is 14.2 Å². The van der Waals surface area contributed by atoms with E-state index in [4.69, 9.17) is 9.47 Å². The van der Waals surface area contributed by atoms with Crippen molar-refractivity contribution in [1.82, 2.24) is 5.43 Å². The van der Waals surface area contributed by atoms with E-state index in [2.05, 4.69) is 10.5 Å². The van der Waals surface area contributed by atoms with Gasteiger partial charge < -0.3 is 9.47 Å². The van der Waals surface area contributed by atoms with E-state index in [1.54, 1.807) is 18.2 Å². The van der Waals surface area contributed by atoms with E-state index >= 15 is 0 Å². The summed E-state index contributed by atoms with van der Waals surface area (Å²) in [5.74, 6) is 0.423. The number of hydrogen-bond donors (Lipinski definition) is 1. The molecule has 8 nitrogen and oxygen atoms in total. The Kier molecular flexibility index (Phi) is 5.45. The van der Waals surface area contributed by atoms with E-state index in [0.29, 0.717) is 11.5 Å². The molecule has 1 N–H and O–H groups in total. The number of para-hydroxylation sites is 1. The zero-order valence-corrected chi connectivity index (χ0v) is 13.1. The number of carbonyl (C=O) groups is 1. The number of nitro benzene ring substituents is 1. The van der Waals surface area contributed by atoms with Gasteiger partial charge in [-0.2, -0.15) is 5.10 Å². The molecule has 2 rings (SSSR count). The van der Waals surface area contributed by atoms with E-state index in [0.717, 1.165) is 0 Å². The van der Waals surface area contributed by atoms with E-state index in [9.17, 15) is 14.9 Å². The zero-order chi connectivity index (χ0) is 17.5. The summed E-state index contributed by atoms with van der Waals surface area (Å²) in [6.07, 6.45) is 1.22. The fourth-order valence-corrected chi connectivity index (χ4v) is 1.93. The van der Waals surface area contributed by atoms with Crippen molar-refractivity contribution >= 4 is 17.8 Å². The quantitative estimate of drug-likeness (QED) is 0.498. The largest absolute Gasteiger partial charge is 0.497 e. The summed E-state index contributed by atoms with van der Waals surface area (Å²) in [6, 6.07) is 10.8. The normalized spacial score (nSPS) is 10.4. The van der Waals surface area contributed by atoms with Crippen molar-refractivity contribution in [3.8, 4) is 11.5 Å². The van der Waals surface area contributed by atoms with Gasteiger partial charge in [0.05, 0.1) is 30.9 Å². The molecule has 0 atom stereocenters. The van der Waals surface area contributed by atoms with Gasteiger partial charge in [-0.3, -0.25) is 14.9 Å². The maximum atomic E-state index is 12.1. The second kappa shape index (κ2) is 7.73. The highest BCUT2D eigenvalue weighted by molar-refractivity contribution is 5.96. The summed E-state index contributed by atoms with van der Waals surface area (Å²) in [7, 11) is 2.95. The lowest BCUT2D eigenvalue weighted by molar-refractivity contribution is -0.385. The number of nitrogens with one attached hydrogen (secondary N) is 1. The van der Waals surface area contributed by atoms with E-state index in [1.807, 2.05) is 0 Å². The Morgan fingerprint density at radius 2 is 1.79 bits per heavy atom. The van der Waals surface area contributed by atoms with Crippen molar-refractivity contribution < 1.29 is 19.2 Å². The van der Waals surface area contributed by atoms with Crippen LogP contribution in [0.15, 0.2) is 47.6 Å². The van der Waals surface area contributed by atoms with E-state index in [1.165, 1.54) is 44.7 Å². The van der Waals surface area contributed by atoms with Crippen molar-refractivity contribution in [2.45, 2.75) is 0 Å². The SMILES string of the molecule is COc1cc(OC)cc(C(=O)N/N=C/c2ccccc2[N+](=O)[O-])c1. The highest BCUT2D eigenvalue weighted by Gasteiger charge is 2.11. The summed E-state index contributed by atoms with van der Waals surface area (Å²) in [5, 5.41) is 14.7. The molecule has 2 aromatic rings. The lowest BCUT2D eigenvalue weighted by atomic mass is 10.2. The van der Waals surface area contributed by atoms with Crippen LogP contribution in [-0.4, -0.2) is 31.3 Å². The predicted octanol–water partition coefficient (Wildman–Crippen LogP) is 2.38. The fraction of sp³-hybridized carbons (Fsp3) is 0.125. The fourth-order valence-electron chi connectivity index (χ4n) is 1.93. The minimum atomic E-state index is -0.518. The molecule has 8 heteroatoms. The molecule has 0 bridgehead atoms.